The average molecular weight is 503 g/mol. The molecule has 196 valence electrons. The van der Waals surface area contributed by atoms with Gasteiger partial charge in [-0.05, 0) is 50.9 Å². The van der Waals surface area contributed by atoms with Crippen molar-refractivity contribution in [3.63, 3.8) is 0 Å². The number of likely N-dealkylation sites (tertiary alicyclic amines) is 1. The number of carbonyl (C=O) groups is 2. The lowest BCUT2D eigenvalue weighted by Gasteiger charge is -2.37. The third-order valence-electron chi connectivity index (χ3n) is 6.59. The molecule has 1 atom stereocenters. The van der Waals surface area contributed by atoms with Crippen molar-refractivity contribution in [2.45, 2.75) is 45.2 Å². The summed E-state index contributed by atoms with van der Waals surface area (Å²) in [6, 6.07) is 4.20. The van der Waals surface area contributed by atoms with Crippen LogP contribution in [0.3, 0.4) is 0 Å². The lowest BCUT2D eigenvalue weighted by Crippen LogP contribution is -2.46. The predicted molar refractivity (Wildman–Crippen MR) is 134 cm³/mol. The van der Waals surface area contributed by atoms with Crippen molar-refractivity contribution in [2.24, 2.45) is 0 Å². The maximum absolute atomic E-state index is 12.7. The summed E-state index contributed by atoms with van der Waals surface area (Å²) in [7, 11) is 3.21. The predicted octanol–water partition coefficient (Wildman–Crippen LogP) is 2.75. The molecular formula is C26H34N2O8. The molecule has 1 fully saturated rings. The summed E-state index contributed by atoms with van der Waals surface area (Å²) in [5.41, 5.74) is 2.22. The first-order valence-electron chi connectivity index (χ1n) is 12.0. The number of methoxy groups -OCH3 is 2. The minimum Gasteiger partial charge on any atom is -0.493 e. The van der Waals surface area contributed by atoms with Crippen LogP contribution in [0.25, 0.3) is 11.0 Å². The van der Waals surface area contributed by atoms with Gasteiger partial charge in [0.15, 0.2) is 11.5 Å². The van der Waals surface area contributed by atoms with E-state index < -0.39 is 11.9 Å². The Balaban J connectivity index is 0.000000392. The zero-order chi connectivity index (χ0) is 26.2. The Hall–Kier alpha value is -3.37. The van der Waals surface area contributed by atoms with Gasteiger partial charge in [-0.3, -0.25) is 9.80 Å². The minimum atomic E-state index is -1.26. The number of carboxylic acids is 2. The molecule has 10 nitrogen and oxygen atoms in total. The number of rotatable bonds is 7. The number of hydrogen-bond acceptors (Lipinski definition) is 8. The van der Waals surface area contributed by atoms with Gasteiger partial charge in [-0.1, -0.05) is 6.42 Å². The van der Waals surface area contributed by atoms with Crippen molar-refractivity contribution < 1.29 is 33.7 Å². The van der Waals surface area contributed by atoms with Crippen LogP contribution in [0.2, 0.25) is 0 Å². The molecule has 1 unspecified atom stereocenters. The van der Waals surface area contributed by atoms with Crippen LogP contribution < -0.4 is 15.1 Å². The van der Waals surface area contributed by atoms with Gasteiger partial charge in [0.25, 0.3) is 0 Å². The first-order chi connectivity index (χ1) is 17.2. The zero-order valence-corrected chi connectivity index (χ0v) is 21.0. The van der Waals surface area contributed by atoms with E-state index in [4.69, 9.17) is 24.1 Å². The van der Waals surface area contributed by atoms with Crippen LogP contribution in [0.1, 0.15) is 37.3 Å². The van der Waals surface area contributed by atoms with Gasteiger partial charge in [0.1, 0.15) is 5.58 Å². The quantitative estimate of drug-likeness (QED) is 0.431. The highest BCUT2D eigenvalue weighted by Gasteiger charge is 2.26. The Bertz CT molecular complexity index is 1150. The lowest BCUT2D eigenvalue weighted by molar-refractivity contribution is -0.134. The van der Waals surface area contributed by atoms with E-state index in [1.54, 1.807) is 20.3 Å². The Kier molecular flexibility index (Phi) is 9.49. The largest absolute Gasteiger partial charge is 0.493 e. The number of ether oxygens (including phenoxy) is 2. The first kappa shape index (κ1) is 27.2. The molecule has 1 aromatic heterocycles. The number of hydrogen-bond donors (Lipinski definition) is 2. The molecule has 2 aliphatic rings. The monoisotopic (exact) mass is 502 g/mol. The smallest absolute Gasteiger partial charge is 0.341 e. The molecule has 10 heteroatoms. The molecule has 0 aliphatic carbocycles. The highest BCUT2D eigenvalue weighted by molar-refractivity contribution is 5.89. The van der Waals surface area contributed by atoms with E-state index in [1.165, 1.54) is 32.4 Å². The molecule has 36 heavy (non-hydrogen) atoms. The maximum atomic E-state index is 12.7. The average Bonchev–Trinajstić information content (AvgIpc) is 2.87. The zero-order valence-electron chi connectivity index (χ0n) is 21.0. The third kappa shape index (κ3) is 6.86. The Morgan fingerprint density at radius 1 is 1.00 bits per heavy atom. The van der Waals surface area contributed by atoms with Gasteiger partial charge in [-0.25, -0.2) is 14.4 Å². The number of benzene rings is 1. The third-order valence-corrected chi connectivity index (χ3v) is 6.59. The van der Waals surface area contributed by atoms with Crippen LogP contribution in [0.15, 0.2) is 33.5 Å². The van der Waals surface area contributed by atoms with E-state index in [-0.39, 0.29) is 5.63 Å². The molecule has 0 spiro atoms. The number of fused-ring (bicyclic) bond motifs is 3. The van der Waals surface area contributed by atoms with Crippen molar-refractivity contribution >= 4 is 22.9 Å². The number of nitrogens with zero attached hydrogens (tertiary/aromatic N) is 2. The van der Waals surface area contributed by atoms with Gasteiger partial charge in [-0.2, -0.15) is 0 Å². The van der Waals surface area contributed by atoms with Gasteiger partial charge in [0, 0.05) is 49.3 Å². The highest BCUT2D eigenvalue weighted by Crippen LogP contribution is 2.35. The molecule has 2 aliphatic heterocycles. The second kappa shape index (κ2) is 12.5. The standard InChI is InChI=1S/C22H30N2O4.C4H4O4/c1-15(24-8-5-4-6-9-24)13-23-10-7-16-17-11-20(26-2)21(27-3)12-19(17)28-22(25)18(16)14-23;5-3(6)1-2-4(7)8/h11-12,15H,4-10,13-14H2,1-3H3;1-2H,(H,5,6)(H,7,8). The summed E-state index contributed by atoms with van der Waals surface area (Å²) in [4.78, 5) is 36.8. The van der Waals surface area contributed by atoms with E-state index in [9.17, 15) is 14.4 Å². The van der Waals surface area contributed by atoms with Crippen molar-refractivity contribution in [1.29, 1.82) is 0 Å². The van der Waals surface area contributed by atoms with E-state index >= 15 is 0 Å². The van der Waals surface area contributed by atoms with E-state index in [0.29, 0.717) is 41.8 Å². The molecule has 1 aromatic carbocycles. The fourth-order valence-electron chi connectivity index (χ4n) is 4.79. The summed E-state index contributed by atoms with van der Waals surface area (Å²) in [5.74, 6) is -1.28. The van der Waals surface area contributed by atoms with Crippen molar-refractivity contribution in [1.82, 2.24) is 9.80 Å². The summed E-state index contributed by atoms with van der Waals surface area (Å²) in [5, 5.41) is 16.6. The van der Waals surface area contributed by atoms with E-state index in [0.717, 1.165) is 36.0 Å². The Labute approximate surface area is 209 Å². The molecule has 0 bridgehead atoms. The van der Waals surface area contributed by atoms with Gasteiger partial charge < -0.3 is 24.1 Å². The van der Waals surface area contributed by atoms with Crippen LogP contribution >= 0.6 is 0 Å². The Morgan fingerprint density at radius 2 is 1.61 bits per heavy atom. The van der Waals surface area contributed by atoms with Crippen LogP contribution in [0.5, 0.6) is 11.5 Å². The normalized spacial score (nSPS) is 17.2. The van der Waals surface area contributed by atoms with Crippen LogP contribution in [0, 0.1) is 0 Å². The molecule has 4 rings (SSSR count). The van der Waals surface area contributed by atoms with E-state index in [1.807, 2.05) is 6.07 Å². The second-order valence-corrected chi connectivity index (χ2v) is 8.99. The fourth-order valence-corrected chi connectivity index (χ4v) is 4.79. The summed E-state index contributed by atoms with van der Waals surface area (Å²) < 4.78 is 16.4. The minimum absolute atomic E-state index is 0.231. The topological polar surface area (TPSA) is 130 Å². The van der Waals surface area contributed by atoms with Gasteiger partial charge in [-0.15, -0.1) is 0 Å². The summed E-state index contributed by atoms with van der Waals surface area (Å²) in [6.07, 6.45) is 5.91. The van der Waals surface area contributed by atoms with Gasteiger partial charge in [0.2, 0.25) is 0 Å². The second-order valence-electron chi connectivity index (χ2n) is 8.99. The number of piperidine rings is 1. The maximum Gasteiger partial charge on any atom is 0.341 e. The molecule has 2 aromatic rings. The lowest BCUT2D eigenvalue weighted by atomic mass is 9.96. The molecule has 2 N–H and O–H groups in total. The molecule has 3 heterocycles. The van der Waals surface area contributed by atoms with Crippen molar-refractivity contribution in [3.8, 4) is 11.5 Å². The van der Waals surface area contributed by atoms with Crippen molar-refractivity contribution in [3.05, 3.63) is 45.8 Å². The van der Waals surface area contributed by atoms with Crippen molar-refractivity contribution in [2.75, 3.05) is 40.4 Å². The first-order valence-corrected chi connectivity index (χ1v) is 12.0. The Morgan fingerprint density at radius 3 is 2.19 bits per heavy atom. The molecule has 1 saturated heterocycles. The highest BCUT2D eigenvalue weighted by atomic mass is 16.5. The molecular weight excluding hydrogens is 468 g/mol. The number of carboxylic acid groups (broad SMARTS) is 2. The molecule has 0 amide bonds. The summed E-state index contributed by atoms with van der Waals surface area (Å²) >= 11 is 0. The van der Waals surface area contributed by atoms with Crippen LogP contribution in [0.4, 0.5) is 0 Å². The van der Waals surface area contributed by atoms with Crippen LogP contribution in [-0.4, -0.2) is 78.4 Å². The number of aliphatic carboxylic acids is 2. The van der Waals surface area contributed by atoms with Gasteiger partial charge in [0.05, 0.1) is 19.8 Å². The van der Waals surface area contributed by atoms with Gasteiger partial charge >= 0.3 is 17.6 Å². The fraction of sp³-hybridized carbons (Fsp3) is 0.500. The molecule has 0 radical (unpaired) electrons. The summed E-state index contributed by atoms with van der Waals surface area (Å²) in [6.45, 7) is 7.29. The van der Waals surface area contributed by atoms with Crippen LogP contribution in [-0.2, 0) is 22.6 Å². The SMILES string of the molecule is COc1cc2oc(=O)c3c(c2cc1OC)CCN(CC(C)N1CCCCC1)C3.O=C(O)C=CC(=O)O. The van der Waals surface area contributed by atoms with E-state index in [2.05, 4.69) is 16.7 Å². The molecule has 0 saturated carbocycles.